The predicted octanol–water partition coefficient (Wildman–Crippen LogP) is 4.00. The molecule has 0 saturated carbocycles. The number of azo groups is 1. The summed E-state index contributed by atoms with van der Waals surface area (Å²) in [6.45, 7) is 0. The average Bonchev–Trinajstić information content (AvgIpc) is 2.54. The first-order valence-corrected chi connectivity index (χ1v) is 6.48. The second-order valence-electron chi connectivity index (χ2n) is 3.99. The van der Waals surface area contributed by atoms with Crippen LogP contribution >= 0.6 is 11.6 Å². The smallest absolute Gasteiger partial charge is 0.218 e. The van der Waals surface area contributed by atoms with Crippen molar-refractivity contribution in [1.29, 1.82) is 0 Å². The van der Waals surface area contributed by atoms with Gasteiger partial charge in [0, 0.05) is 24.0 Å². The lowest BCUT2D eigenvalue weighted by molar-refractivity contribution is 1.02. The van der Waals surface area contributed by atoms with Crippen LogP contribution in [0.25, 0.3) is 11.3 Å². The van der Waals surface area contributed by atoms with Crippen LogP contribution in [0.3, 0.4) is 0 Å². The topological polar surface area (TPSA) is 76.3 Å². The summed E-state index contributed by atoms with van der Waals surface area (Å²) in [6.07, 6.45) is 3.16. The Balaban J connectivity index is 1.93. The van der Waals surface area contributed by atoms with E-state index in [2.05, 4.69) is 30.2 Å². The number of hydrogen-bond acceptors (Lipinski definition) is 6. The third kappa shape index (κ3) is 3.43. The Kier molecular flexibility index (Phi) is 3.88. The van der Waals surface area contributed by atoms with Gasteiger partial charge in [-0.05, 0) is 6.07 Å². The van der Waals surface area contributed by atoms with Crippen LogP contribution in [0.5, 0.6) is 0 Å². The summed E-state index contributed by atoms with van der Waals surface area (Å²) in [4.78, 5) is 16.2. The van der Waals surface area contributed by atoms with E-state index in [1.54, 1.807) is 24.5 Å². The number of hydrogen-bond donors (Lipinski definition) is 0. The maximum Gasteiger partial charge on any atom is 0.271 e. The number of aromatic nitrogens is 4. The van der Waals surface area contributed by atoms with E-state index in [1.165, 1.54) is 0 Å². The van der Waals surface area contributed by atoms with Crippen molar-refractivity contribution in [2.45, 2.75) is 0 Å². The SMILES string of the molecule is Clc1cc(-c2ccccc2)nc(N=Nc2ncccn2)n1. The fourth-order valence-electron chi connectivity index (χ4n) is 1.64. The van der Waals surface area contributed by atoms with Gasteiger partial charge in [-0.1, -0.05) is 41.9 Å². The molecule has 0 fully saturated rings. The van der Waals surface area contributed by atoms with Crippen molar-refractivity contribution in [2.24, 2.45) is 10.2 Å². The van der Waals surface area contributed by atoms with E-state index in [1.807, 2.05) is 30.3 Å². The summed E-state index contributed by atoms with van der Waals surface area (Å²) in [7, 11) is 0. The zero-order chi connectivity index (χ0) is 14.5. The van der Waals surface area contributed by atoms with Gasteiger partial charge < -0.3 is 0 Å². The number of nitrogens with zero attached hydrogens (tertiary/aromatic N) is 6. The van der Waals surface area contributed by atoms with Crippen LogP contribution in [0.2, 0.25) is 5.15 Å². The van der Waals surface area contributed by atoms with Gasteiger partial charge in [-0.15, -0.1) is 10.2 Å². The molecule has 6 nitrogen and oxygen atoms in total. The van der Waals surface area contributed by atoms with Gasteiger partial charge in [0.15, 0.2) is 0 Å². The van der Waals surface area contributed by atoms with Gasteiger partial charge in [0.05, 0.1) is 5.69 Å². The van der Waals surface area contributed by atoms with Crippen molar-refractivity contribution in [3.63, 3.8) is 0 Å². The molecule has 2 aromatic heterocycles. The highest BCUT2D eigenvalue weighted by Crippen LogP contribution is 2.22. The molecule has 102 valence electrons. The Labute approximate surface area is 125 Å². The molecule has 7 heteroatoms. The van der Waals surface area contributed by atoms with E-state index in [4.69, 9.17) is 11.6 Å². The maximum absolute atomic E-state index is 6.00. The maximum atomic E-state index is 6.00. The Morgan fingerprint density at radius 2 is 1.52 bits per heavy atom. The first kappa shape index (κ1) is 13.3. The molecule has 0 spiro atoms. The molecule has 2 heterocycles. The van der Waals surface area contributed by atoms with Crippen LogP contribution in [0.1, 0.15) is 0 Å². The zero-order valence-corrected chi connectivity index (χ0v) is 11.5. The van der Waals surface area contributed by atoms with Crippen molar-refractivity contribution in [1.82, 2.24) is 19.9 Å². The first-order chi connectivity index (χ1) is 10.3. The van der Waals surface area contributed by atoms with Crippen LogP contribution in [0.4, 0.5) is 11.9 Å². The molecule has 21 heavy (non-hydrogen) atoms. The van der Waals surface area contributed by atoms with Crippen LogP contribution in [0.15, 0.2) is 65.1 Å². The lowest BCUT2D eigenvalue weighted by Gasteiger charge is -2.01. The van der Waals surface area contributed by atoms with Crippen LogP contribution < -0.4 is 0 Å². The summed E-state index contributed by atoms with van der Waals surface area (Å²) in [5.41, 5.74) is 1.60. The molecule has 0 radical (unpaired) electrons. The standard InChI is InChI=1S/C14H9ClN6/c15-12-9-11(10-5-2-1-3-6-10)18-14(19-12)21-20-13-16-7-4-8-17-13/h1-9H. The van der Waals surface area contributed by atoms with Gasteiger partial charge in [0.1, 0.15) is 5.15 Å². The van der Waals surface area contributed by atoms with Crippen LogP contribution in [-0.2, 0) is 0 Å². The fourth-order valence-corrected chi connectivity index (χ4v) is 1.82. The predicted molar refractivity (Wildman–Crippen MR) is 78.7 cm³/mol. The van der Waals surface area contributed by atoms with Crippen molar-refractivity contribution < 1.29 is 0 Å². The quantitative estimate of drug-likeness (QED) is 0.540. The molecule has 0 bridgehead atoms. The molecule has 0 saturated heterocycles. The van der Waals surface area contributed by atoms with E-state index in [0.717, 1.165) is 5.56 Å². The Hall–Kier alpha value is -2.73. The van der Waals surface area contributed by atoms with E-state index in [0.29, 0.717) is 10.8 Å². The van der Waals surface area contributed by atoms with Gasteiger partial charge in [-0.2, -0.15) is 4.98 Å². The van der Waals surface area contributed by atoms with Gasteiger partial charge in [0.25, 0.3) is 11.9 Å². The molecule has 0 N–H and O–H groups in total. The van der Waals surface area contributed by atoms with Crippen molar-refractivity contribution in [3.05, 3.63) is 60.0 Å². The van der Waals surface area contributed by atoms with Gasteiger partial charge in [-0.3, -0.25) is 0 Å². The summed E-state index contributed by atoms with van der Waals surface area (Å²) < 4.78 is 0. The molecule has 0 atom stereocenters. The monoisotopic (exact) mass is 296 g/mol. The fraction of sp³-hybridized carbons (Fsp3) is 0. The third-order valence-corrected chi connectivity index (χ3v) is 2.73. The Bertz CT molecular complexity index is 761. The Morgan fingerprint density at radius 1 is 0.810 bits per heavy atom. The van der Waals surface area contributed by atoms with Gasteiger partial charge in [0.2, 0.25) is 0 Å². The van der Waals surface area contributed by atoms with Crippen LogP contribution in [-0.4, -0.2) is 19.9 Å². The minimum absolute atomic E-state index is 0.161. The molecule has 3 rings (SSSR count). The molecule has 3 aromatic rings. The largest absolute Gasteiger partial charge is 0.271 e. The lowest BCUT2D eigenvalue weighted by Crippen LogP contribution is -1.87. The minimum atomic E-state index is 0.161. The summed E-state index contributed by atoms with van der Waals surface area (Å²) in [6, 6.07) is 13.0. The summed E-state index contributed by atoms with van der Waals surface area (Å²) in [5, 5.41) is 8.09. The van der Waals surface area contributed by atoms with Crippen molar-refractivity contribution in [2.75, 3.05) is 0 Å². The molecule has 0 aliphatic carbocycles. The van der Waals surface area contributed by atoms with E-state index in [9.17, 15) is 0 Å². The molecule has 0 unspecified atom stereocenters. The molecular weight excluding hydrogens is 288 g/mol. The van der Waals surface area contributed by atoms with E-state index < -0.39 is 0 Å². The second kappa shape index (κ2) is 6.15. The van der Waals surface area contributed by atoms with Crippen LogP contribution in [0, 0.1) is 0 Å². The summed E-state index contributed by atoms with van der Waals surface area (Å²) in [5.74, 6) is 0.399. The highest BCUT2D eigenvalue weighted by atomic mass is 35.5. The first-order valence-electron chi connectivity index (χ1n) is 6.10. The third-order valence-electron chi connectivity index (χ3n) is 2.53. The number of benzene rings is 1. The number of rotatable bonds is 3. The molecule has 1 aromatic carbocycles. The van der Waals surface area contributed by atoms with Crippen molar-refractivity contribution in [3.8, 4) is 11.3 Å². The van der Waals surface area contributed by atoms with E-state index >= 15 is 0 Å². The molecule has 0 aliphatic rings. The molecular formula is C14H9ClN6. The van der Waals surface area contributed by atoms with E-state index in [-0.39, 0.29) is 11.9 Å². The highest BCUT2D eigenvalue weighted by molar-refractivity contribution is 6.29. The lowest BCUT2D eigenvalue weighted by atomic mass is 10.1. The molecule has 0 aliphatic heterocycles. The summed E-state index contributed by atoms with van der Waals surface area (Å²) >= 11 is 6.00. The minimum Gasteiger partial charge on any atom is -0.218 e. The van der Waals surface area contributed by atoms with Gasteiger partial charge >= 0.3 is 0 Å². The number of halogens is 1. The van der Waals surface area contributed by atoms with Gasteiger partial charge in [-0.25, -0.2) is 15.0 Å². The Morgan fingerprint density at radius 3 is 2.29 bits per heavy atom. The second-order valence-corrected chi connectivity index (χ2v) is 4.38. The average molecular weight is 297 g/mol. The normalized spacial score (nSPS) is 10.9. The zero-order valence-electron chi connectivity index (χ0n) is 10.8. The highest BCUT2D eigenvalue weighted by Gasteiger charge is 2.05. The molecule has 0 amide bonds. The van der Waals surface area contributed by atoms with Crippen molar-refractivity contribution >= 4 is 23.5 Å².